The van der Waals surface area contributed by atoms with Crippen LogP contribution in [-0.4, -0.2) is 11.9 Å². The highest BCUT2D eigenvalue weighted by atomic mass is 16.7. The number of nitrogens with one attached hydrogen (secondary N) is 1. The Kier molecular flexibility index (Phi) is 3.18. The molecule has 2 aliphatic rings. The first-order valence-corrected chi connectivity index (χ1v) is 8.33. The summed E-state index contributed by atoms with van der Waals surface area (Å²) in [6.45, 7) is 0.966. The molecule has 3 aromatic rings. The van der Waals surface area contributed by atoms with Crippen LogP contribution in [0.15, 0.2) is 60.7 Å². The summed E-state index contributed by atoms with van der Waals surface area (Å²) in [5, 5.41) is 14.0. The molecule has 1 atom stereocenters. The summed E-state index contributed by atoms with van der Waals surface area (Å²) in [5.74, 6) is 1.58. The fraction of sp³-hybridized carbons (Fsp3) is 0.143. The summed E-state index contributed by atoms with van der Waals surface area (Å²) in [7, 11) is 0. The molecule has 4 nitrogen and oxygen atoms in total. The lowest BCUT2D eigenvalue weighted by atomic mass is 10.1. The van der Waals surface area contributed by atoms with Crippen molar-refractivity contribution >= 4 is 5.69 Å². The quantitative estimate of drug-likeness (QED) is 0.759. The molecule has 1 heterocycles. The van der Waals surface area contributed by atoms with Gasteiger partial charge < -0.3 is 19.9 Å². The molecule has 0 saturated heterocycles. The maximum atomic E-state index is 10.6. The molecular weight excluding hydrogens is 314 g/mol. The molecule has 1 aliphatic carbocycles. The predicted octanol–water partition coefficient (Wildman–Crippen LogP) is 4.09. The number of aliphatic hydroxyl groups is 1. The first-order chi connectivity index (χ1) is 12.3. The van der Waals surface area contributed by atoms with E-state index in [1.54, 1.807) is 0 Å². The molecule has 0 amide bonds. The number of rotatable bonds is 3. The Balaban J connectivity index is 1.38. The van der Waals surface area contributed by atoms with Crippen molar-refractivity contribution in [3.8, 4) is 22.6 Å². The number of aliphatic hydroxyl groups excluding tert-OH is 1. The van der Waals surface area contributed by atoms with Gasteiger partial charge in [-0.05, 0) is 52.1 Å². The fourth-order valence-corrected chi connectivity index (χ4v) is 3.55. The van der Waals surface area contributed by atoms with Crippen LogP contribution in [0, 0.1) is 0 Å². The Labute approximate surface area is 145 Å². The maximum absolute atomic E-state index is 10.6. The zero-order valence-electron chi connectivity index (χ0n) is 13.5. The Morgan fingerprint density at radius 1 is 0.880 bits per heavy atom. The van der Waals surface area contributed by atoms with Crippen molar-refractivity contribution in [2.75, 3.05) is 12.1 Å². The van der Waals surface area contributed by atoms with Crippen LogP contribution >= 0.6 is 0 Å². The first-order valence-electron chi connectivity index (χ1n) is 8.33. The van der Waals surface area contributed by atoms with Gasteiger partial charge in [-0.3, -0.25) is 0 Å². The van der Waals surface area contributed by atoms with Gasteiger partial charge in [0.1, 0.15) is 6.10 Å². The van der Waals surface area contributed by atoms with E-state index in [0.717, 1.165) is 45.0 Å². The molecule has 0 spiro atoms. The molecule has 5 rings (SSSR count). The monoisotopic (exact) mass is 331 g/mol. The van der Waals surface area contributed by atoms with E-state index >= 15 is 0 Å². The standard InChI is InChI=1S/C21H17NO3/c23-21-17-4-2-1-3-15(17)16-7-6-14(10-18(16)21)22-11-13-5-8-19-20(9-13)25-12-24-19/h1-10,21-23H,11-12H2/t21-/m1/s1. The van der Waals surface area contributed by atoms with E-state index in [0.29, 0.717) is 6.54 Å². The average molecular weight is 331 g/mol. The Morgan fingerprint density at radius 2 is 1.72 bits per heavy atom. The summed E-state index contributed by atoms with van der Waals surface area (Å²) in [4.78, 5) is 0. The van der Waals surface area contributed by atoms with E-state index in [-0.39, 0.29) is 6.79 Å². The minimum atomic E-state index is -0.557. The van der Waals surface area contributed by atoms with Gasteiger partial charge in [0.15, 0.2) is 11.5 Å². The zero-order valence-corrected chi connectivity index (χ0v) is 13.5. The van der Waals surface area contributed by atoms with Crippen molar-refractivity contribution in [2.24, 2.45) is 0 Å². The summed E-state index contributed by atoms with van der Waals surface area (Å²) in [5.41, 5.74) is 6.27. The van der Waals surface area contributed by atoms with Crippen LogP contribution in [0.1, 0.15) is 22.8 Å². The van der Waals surface area contributed by atoms with Gasteiger partial charge in [0.05, 0.1) is 0 Å². The van der Waals surface area contributed by atoms with E-state index < -0.39 is 6.10 Å². The molecule has 4 heteroatoms. The molecule has 0 fully saturated rings. The smallest absolute Gasteiger partial charge is 0.231 e. The van der Waals surface area contributed by atoms with E-state index in [4.69, 9.17) is 9.47 Å². The van der Waals surface area contributed by atoms with Crippen molar-refractivity contribution in [1.29, 1.82) is 0 Å². The van der Waals surface area contributed by atoms with E-state index in [2.05, 4.69) is 23.5 Å². The lowest BCUT2D eigenvalue weighted by molar-refractivity contribution is 0.174. The van der Waals surface area contributed by atoms with Gasteiger partial charge in [0, 0.05) is 12.2 Å². The lowest BCUT2D eigenvalue weighted by Gasteiger charge is -2.11. The summed E-state index contributed by atoms with van der Waals surface area (Å²) < 4.78 is 10.8. The van der Waals surface area contributed by atoms with Crippen molar-refractivity contribution in [1.82, 2.24) is 0 Å². The van der Waals surface area contributed by atoms with Crippen LogP contribution in [-0.2, 0) is 6.54 Å². The van der Waals surface area contributed by atoms with Crippen LogP contribution in [0.5, 0.6) is 11.5 Å². The van der Waals surface area contributed by atoms with Crippen LogP contribution < -0.4 is 14.8 Å². The first kappa shape index (κ1) is 14.4. The Morgan fingerprint density at radius 3 is 2.68 bits per heavy atom. The molecule has 0 saturated carbocycles. The van der Waals surface area contributed by atoms with E-state index in [1.807, 2.05) is 42.5 Å². The zero-order chi connectivity index (χ0) is 16.8. The van der Waals surface area contributed by atoms with Crippen molar-refractivity contribution in [3.05, 3.63) is 77.4 Å². The second-order valence-electron chi connectivity index (χ2n) is 6.33. The highest BCUT2D eigenvalue weighted by Gasteiger charge is 2.26. The molecule has 124 valence electrons. The summed E-state index contributed by atoms with van der Waals surface area (Å²) in [6, 6.07) is 20.1. The van der Waals surface area contributed by atoms with Crippen molar-refractivity contribution < 1.29 is 14.6 Å². The molecular formula is C21H17NO3. The minimum absolute atomic E-state index is 0.287. The van der Waals surface area contributed by atoms with Crippen LogP contribution in [0.4, 0.5) is 5.69 Å². The molecule has 2 N–H and O–H groups in total. The van der Waals surface area contributed by atoms with E-state index in [9.17, 15) is 5.11 Å². The number of hydrogen-bond donors (Lipinski definition) is 2. The predicted molar refractivity (Wildman–Crippen MR) is 95.8 cm³/mol. The number of anilines is 1. The molecule has 3 aromatic carbocycles. The SMILES string of the molecule is O[C@@H]1c2ccccc2-c2ccc(NCc3ccc4c(c3)OCO4)cc21. The maximum Gasteiger partial charge on any atom is 0.231 e. The van der Waals surface area contributed by atoms with Gasteiger partial charge >= 0.3 is 0 Å². The van der Waals surface area contributed by atoms with Gasteiger partial charge in [-0.2, -0.15) is 0 Å². The minimum Gasteiger partial charge on any atom is -0.454 e. The van der Waals surface area contributed by atoms with E-state index in [1.165, 1.54) is 0 Å². The molecule has 25 heavy (non-hydrogen) atoms. The third kappa shape index (κ3) is 2.34. The molecule has 0 aromatic heterocycles. The molecule has 0 unspecified atom stereocenters. The second kappa shape index (κ2) is 5.53. The van der Waals surface area contributed by atoms with Crippen molar-refractivity contribution in [3.63, 3.8) is 0 Å². The van der Waals surface area contributed by atoms with Crippen molar-refractivity contribution in [2.45, 2.75) is 12.6 Å². The number of benzene rings is 3. The summed E-state index contributed by atoms with van der Waals surface area (Å²) >= 11 is 0. The topological polar surface area (TPSA) is 50.7 Å². The number of ether oxygens (including phenoxy) is 2. The largest absolute Gasteiger partial charge is 0.454 e. The second-order valence-corrected chi connectivity index (χ2v) is 6.33. The lowest BCUT2D eigenvalue weighted by Crippen LogP contribution is -2.01. The van der Waals surface area contributed by atoms with Gasteiger partial charge in [0.25, 0.3) is 0 Å². The average Bonchev–Trinajstić information content (AvgIpc) is 3.23. The van der Waals surface area contributed by atoms with Gasteiger partial charge in [-0.25, -0.2) is 0 Å². The molecule has 0 bridgehead atoms. The molecule has 0 radical (unpaired) electrons. The summed E-state index contributed by atoms with van der Waals surface area (Å²) in [6.07, 6.45) is -0.557. The molecule has 1 aliphatic heterocycles. The number of fused-ring (bicyclic) bond motifs is 4. The van der Waals surface area contributed by atoms with Gasteiger partial charge in [0.2, 0.25) is 6.79 Å². The highest BCUT2D eigenvalue weighted by Crippen LogP contribution is 2.44. The van der Waals surface area contributed by atoms with Gasteiger partial charge in [-0.1, -0.05) is 36.4 Å². The number of hydrogen-bond acceptors (Lipinski definition) is 4. The van der Waals surface area contributed by atoms with Crippen LogP contribution in [0.3, 0.4) is 0 Å². The fourth-order valence-electron chi connectivity index (χ4n) is 3.55. The normalized spacial score (nSPS) is 16.4. The van der Waals surface area contributed by atoms with Crippen LogP contribution in [0.25, 0.3) is 11.1 Å². The third-order valence-corrected chi connectivity index (χ3v) is 4.83. The van der Waals surface area contributed by atoms with Crippen LogP contribution in [0.2, 0.25) is 0 Å². The Hall–Kier alpha value is -2.98. The highest BCUT2D eigenvalue weighted by molar-refractivity contribution is 5.79. The Bertz CT molecular complexity index is 967. The third-order valence-electron chi connectivity index (χ3n) is 4.83. The van der Waals surface area contributed by atoms with Gasteiger partial charge in [-0.15, -0.1) is 0 Å².